The van der Waals surface area contributed by atoms with Gasteiger partial charge in [0.05, 0.1) is 23.9 Å². The van der Waals surface area contributed by atoms with E-state index in [1.54, 1.807) is 31.3 Å². The monoisotopic (exact) mass is 296 g/mol. The van der Waals surface area contributed by atoms with Gasteiger partial charge in [-0.05, 0) is 43.2 Å². The maximum atomic E-state index is 12.7. The summed E-state index contributed by atoms with van der Waals surface area (Å²) in [7, 11) is 1.35. The zero-order valence-corrected chi connectivity index (χ0v) is 12.7. The Bertz CT molecular complexity index is 944. The first-order chi connectivity index (χ1) is 10.5. The number of esters is 1. The Labute approximate surface area is 127 Å². The van der Waals surface area contributed by atoms with Gasteiger partial charge >= 0.3 is 5.97 Å². The molecule has 0 N–H and O–H groups in total. The van der Waals surface area contributed by atoms with Crippen molar-refractivity contribution in [2.24, 2.45) is 0 Å². The number of methoxy groups -OCH3 is 1. The number of benzene rings is 1. The molecule has 1 aromatic carbocycles. The summed E-state index contributed by atoms with van der Waals surface area (Å²) in [5, 5.41) is 0.497. The van der Waals surface area contributed by atoms with Crippen molar-refractivity contribution in [3.8, 4) is 0 Å². The molecule has 0 fully saturated rings. The second-order valence-electron chi connectivity index (χ2n) is 5.37. The zero-order valence-electron chi connectivity index (χ0n) is 12.7. The number of rotatable bonds is 2. The molecule has 0 aliphatic heterocycles. The van der Waals surface area contributed by atoms with Crippen LogP contribution in [0.2, 0.25) is 0 Å². The SMILES string of the molecule is COC(=O)C(C)c1ccc2nc3ccc(C)cn3c(=O)c2c1. The van der Waals surface area contributed by atoms with E-state index in [0.29, 0.717) is 16.6 Å². The molecule has 0 aliphatic carbocycles. The highest BCUT2D eigenvalue weighted by atomic mass is 16.5. The predicted octanol–water partition coefficient (Wildman–Crippen LogP) is 2.43. The smallest absolute Gasteiger partial charge is 0.312 e. The van der Waals surface area contributed by atoms with E-state index in [2.05, 4.69) is 4.98 Å². The molecule has 0 spiro atoms. The van der Waals surface area contributed by atoms with Gasteiger partial charge in [-0.2, -0.15) is 0 Å². The zero-order chi connectivity index (χ0) is 15.9. The molecule has 112 valence electrons. The van der Waals surface area contributed by atoms with E-state index in [0.717, 1.165) is 11.1 Å². The average molecular weight is 296 g/mol. The van der Waals surface area contributed by atoms with Crippen LogP contribution in [-0.4, -0.2) is 22.5 Å². The molecule has 0 radical (unpaired) electrons. The number of hydrogen-bond donors (Lipinski definition) is 0. The van der Waals surface area contributed by atoms with Crippen LogP contribution in [0.5, 0.6) is 0 Å². The Morgan fingerprint density at radius 1 is 1.27 bits per heavy atom. The fourth-order valence-corrected chi connectivity index (χ4v) is 2.51. The first-order valence-electron chi connectivity index (χ1n) is 7.02. The molecule has 5 heteroatoms. The second kappa shape index (κ2) is 5.26. The number of carbonyl (C=O) groups excluding carboxylic acids is 1. The Hall–Kier alpha value is -2.69. The Morgan fingerprint density at radius 3 is 2.77 bits per heavy atom. The first-order valence-corrected chi connectivity index (χ1v) is 7.02. The maximum Gasteiger partial charge on any atom is 0.312 e. The number of hydrogen-bond acceptors (Lipinski definition) is 4. The summed E-state index contributed by atoms with van der Waals surface area (Å²) in [4.78, 5) is 28.8. The van der Waals surface area contributed by atoms with Crippen molar-refractivity contribution in [1.29, 1.82) is 0 Å². The third-order valence-electron chi connectivity index (χ3n) is 3.83. The van der Waals surface area contributed by atoms with Gasteiger partial charge in [-0.3, -0.25) is 14.0 Å². The minimum Gasteiger partial charge on any atom is -0.469 e. The summed E-state index contributed by atoms with van der Waals surface area (Å²) in [6, 6.07) is 9.04. The molecule has 22 heavy (non-hydrogen) atoms. The fourth-order valence-electron chi connectivity index (χ4n) is 2.51. The molecule has 0 amide bonds. The number of aromatic nitrogens is 2. The van der Waals surface area contributed by atoms with Crippen molar-refractivity contribution in [3.05, 3.63) is 58.0 Å². The number of fused-ring (bicyclic) bond motifs is 2. The molecule has 0 aliphatic rings. The molecular formula is C17H16N2O3. The lowest BCUT2D eigenvalue weighted by molar-refractivity contribution is -0.141. The second-order valence-corrected chi connectivity index (χ2v) is 5.37. The van der Waals surface area contributed by atoms with Gasteiger partial charge in [0.25, 0.3) is 5.56 Å². The number of pyridine rings is 1. The number of aryl methyl sites for hydroxylation is 1. The Kier molecular flexibility index (Phi) is 3.41. The lowest BCUT2D eigenvalue weighted by Crippen LogP contribution is -2.16. The summed E-state index contributed by atoms with van der Waals surface area (Å²) in [6.07, 6.45) is 1.76. The summed E-state index contributed by atoms with van der Waals surface area (Å²) >= 11 is 0. The third kappa shape index (κ3) is 2.24. The number of ether oxygens (including phenoxy) is 1. The highest BCUT2D eigenvalue weighted by molar-refractivity contribution is 5.84. The largest absolute Gasteiger partial charge is 0.469 e. The lowest BCUT2D eigenvalue weighted by atomic mass is 10.00. The number of nitrogens with zero attached hydrogens (tertiary/aromatic N) is 2. The van der Waals surface area contributed by atoms with Crippen LogP contribution in [0.4, 0.5) is 0 Å². The van der Waals surface area contributed by atoms with Crippen molar-refractivity contribution in [2.75, 3.05) is 7.11 Å². The lowest BCUT2D eigenvalue weighted by Gasteiger charge is -2.10. The van der Waals surface area contributed by atoms with E-state index >= 15 is 0 Å². The highest BCUT2D eigenvalue weighted by Gasteiger charge is 2.17. The van der Waals surface area contributed by atoms with Crippen LogP contribution >= 0.6 is 0 Å². The fraction of sp³-hybridized carbons (Fsp3) is 0.235. The average Bonchev–Trinajstić information content (AvgIpc) is 2.54. The van der Waals surface area contributed by atoms with Crippen LogP contribution in [0.3, 0.4) is 0 Å². The predicted molar refractivity (Wildman–Crippen MR) is 84.1 cm³/mol. The van der Waals surface area contributed by atoms with Gasteiger partial charge in [0.2, 0.25) is 0 Å². The molecule has 0 saturated heterocycles. The molecule has 3 rings (SSSR count). The van der Waals surface area contributed by atoms with E-state index in [1.165, 1.54) is 11.5 Å². The normalized spacial score (nSPS) is 12.5. The molecular weight excluding hydrogens is 280 g/mol. The van der Waals surface area contributed by atoms with Crippen LogP contribution < -0.4 is 5.56 Å². The molecule has 3 aromatic rings. The molecule has 2 aromatic heterocycles. The minimum absolute atomic E-state index is 0.136. The van der Waals surface area contributed by atoms with Crippen LogP contribution in [0.25, 0.3) is 16.6 Å². The van der Waals surface area contributed by atoms with Crippen molar-refractivity contribution in [2.45, 2.75) is 19.8 Å². The summed E-state index contributed by atoms with van der Waals surface area (Å²) < 4.78 is 6.29. The van der Waals surface area contributed by atoms with Crippen LogP contribution in [-0.2, 0) is 9.53 Å². The maximum absolute atomic E-state index is 12.7. The third-order valence-corrected chi connectivity index (χ3v) is 3.83. The van der Waals surface area contributed by atoms with Gasteiger partial charge in [0.1, 0.15) is 5.65 Å². The van der Waals surface area contributed by atoms with E-state index < -0.39 is 5.92 Å². The van der Waals surface area contributed by atoms with Crippen LogP contribution in [0.15, 0.2) is 41.3 Å². The van der Waals surface area contributed by atoms with Crippen LogP contribution in [0.1, 0.15) is 24.0 Å². The van der Waals surface area contributed by atoms with Gasteiger partial charge in [0.15, 0.2) is 0 Å². The molecule has 2 heterocycles. The van der Waals surface area contributed by atoms with Crippen molar-refractivity contribution in [3.63, 3.8) is 0 Å². The molecule has 0 saturated carbocycles. The quantitative estimate of drug-likeness (QED) is 0.538. The topological polar surface area (TPSA) is 60.7 Å². The van der Waals surface area contributed by atoms with E-state index in [1.807, 2.05) is 19.1 Å². The summed E-state index contributed by atoms with van der Waals surface area (Å²) in [5.74, 6) is -0.754. The van der Waals surface area contributed by atoms with Gasteiger partial charge in [-0.1, -0.05) is 12.1 Å². The van der Waals surface area contributed by atoms with E-state index in [9.17, 15) is 9.59 Å². The minimum atomic E-state index is -0.424. The van der Waals surface area contributed by atoms with E-state index in [-0.39, 0.29) is 11.5 Å². The highest BCUT2D eigenvalue weighted by Crippen LogP contribution is 2.20. The van der Waals surface area contributed by atoms with Crippen molar-refractivity contribution in [1.82, 2.24) is 9.38 Å². The molecule has 5 nitrogen and oxygen atoms in total. The van der Waals surface area contributed by atoms with E-state index in [4.69, 9.17) is 4.74 Å². The number of carbonyl (C=O) groups is 1. The van der Waals surface area contributed by atoms with Gasteiger partial charge in [-0.25, -0.2) is 4.98 Å². The van der Waals surface area contributed by atoms with Crippen LogP contribution in [0, 0.1) is 6.92 Å². The summed E-state index contributed by atoms with van der Waals surface area (Å²) in [5.41, 5.74) is 2.81. The Morgan fingerprint density at radius 2 is 2.05 bits per heavy atom. The molecule has 1 unspecified atom stereocenters. The Balaban J connectivity index is 2.27. The standard InChI is InChI=1S/C17H16N2O3/c1-10-4-7-15-18-14-6-5-12(11(2)17(21)22-3)8-13(14)16(20)19(15)9-10/h4-9,11H,1-3H3. The van der Waals surface area contributed by atoms with Crippen molar-refractivity contribution < 1.29 is 9.53 Å². The molecule has 0 bridgehead atoms. The first kappa shape index (κ1) is 14.3. The molecule has 1 atom stereocenters. The summed E-state index contributed by atoms with van der Waals surface area (Å²) in [6.45, 7) is 3.68. The van der Waals surface area contributed by atoms with Crippen molar-refractivity contribution >= 4 is 22.5 Å². The van der Waals surface area contributed by atoms with Gasteiger partial charge < -0.3 is 4.74 Å². The van der Waals surface area contributed by atoms with Gasteiger partial charge in [-0.15, -0.1) is 0 Å². The van der Waals surface area contributed by atoms with Gasteiger partial charge in [0, 0.05) is 6.20 Å².